The fourth-order valence-corrected chi connectivity index (χ4v) is 3.27. The smallest absolute Gasteiger partial charge is 0.285 e. The van der Waals surface area contributed by atoms with Crippen LogP contribution in [0.1, 0.15) is 32.2 Å². The lowest BCUT2D eigenvalue weighted by atomic mass is 9.98. The molecular formula is C10H14FN3O3S2. The van der Waals surface area contributed by atoms with E-state index in [1.807, 2.05) is 20.8 Å². The van der Waals surface area contributed by atoms with E-state index in [0.29, 0.717) is 5.13 Å². The zero-order valence-corrected chi connectivity index (χ0v) is 12.4. The Morgan fingerprint density at radius 2 is 2.00 bits per heavy atom. The summed E-state index contributed by atoms with van der Waals surface area (Å²) in [5.74, 6) is -0.442. The zero-order chi connectivity index (χ0) is 14.4. The second-order valence-electron chi connectivity index (χ2n) is 5.45. The van der Waals surface area contributed by atoms with E-state index in [0.717, 1.165) is 5.01 Å². The Kier molecular flexibility index (Phi) is 3.38. The minimum Gasteiger partial charge on any atom is -0.285 e. The summed E-state index contributed by atoms with van der Waals surface area (Å²) >= 11 is 1.22. The van der Waals surface area contributed by atoms with Crippen molar-refractivity contribution < 1.29 is 17.1 Å². The largest absolute Gasteiger partial charge is 0.307 e. The predicted molar refractivity (Wildman–Crippen MR) is 69.4 cm³/mol. The van der Waals surface area contributed by atoms with Crippen molar-refractivity contribution in [3.05, 3.63) is 5.01 Å². The molecule has 1 fully saturated rings. The molecule has 106 valence electrons. The highest BCUT2D eigenvalue weighted by Crippen LogP contribution is 2.32. The van der Waals surface area contributed by atoms with E-state index in [9.17, 15) is 17.1 Å². The van der Waals surface area contributed by atoms with Crippen molar-refractivity contribution in [2.24, 2.45) is 0 Å². The average Bonchev–Trinajstić information content (AvgIpc) is 2.80. The summed E-state index contributed by atoms with van der Waals surface area (Å²) in [6, 6.07) is 0. The number of rotatable bonds is 2. The van der Waals surface area contributed by atoms with Crippen LogP contribution in [0.25, 0.3) is 0 Å². The van der Waals surface area contributed by atoms with Crippen LogP contribution < -0.4 is 4.90 Å². The zero-order valence-electron chi connectivity index (χ0n) is 10.8. The Hall–Kier alpha value is -1.09. The van der Waals surface area contributed by atoms with Gasteiger partial charge in [-0.2, -0.15) is 8.42 Å². The highest BCUT2D eigenvalue weighted by molar-refractivity contribution is 7.87. The number of amides is 1. The van der Waals surface area contributed by atoms with Crippen LogP contribution in [0, 0.1) is 0 Å². The van der Waals surface area contributed by atoms with Gasteiger partial charge in [0.05, 0.1) is 0 Å². The van der Waals surface area contributed by atoms with E-state index in [1.165, 1.54) is 16.2 Å². The molecule has 1 aliphatic heterocycles. The minimum atomic E-state index is -4.70. The van der Waals surface area contributed by atoms with Crippen molar-refractivity contribution in [1.82, 2.24) is 10.2 Å². The van der Waals surface area contributed by atoms with Gasteiger partial charge >= 0.3 is 10.2 Å². The molecule has 9 heteroatoms. The summed E-state index contributed by atoms with van der Waals surface area (Å²) in [7, 11) is -4.70. The van der Waals surface area contributed by atoms with E-state index in [1.54, 1.807) is 0 Å². The van der Waals surface area contributed by atoms with Gasteiger partial charge in [-0.1, -0.05) is 32.1 Å². The first-order valence-corrected chi connectivity index (χ1v) is 7.93. The Labute approximate surface area is 114 Å². The molecule has 0 aliphatic carbocycles. The minimum absolute atomic E-state index is 0.198. The standard InChI is InChI=1S/C10H14FN3O3S2/c1-10(2,3)8-12-13-9(18-8)14-5-6(4-7(14)15)19(11,16)17/h6H,4-5H2,1-3H3. The molecule has 0 radical (unpaired) electrons. The SMILES string of the molecule is CC(C)(C)c1nnc(N2CC(S(=O)(=O)F)CC2=O)s1. The normalized spacial score (nSPS) is 21.2. The van der Waals surface area contributed by atoms with Gasteiger partial charge in [0.1, 0.15) is 10.3 Å². The number of carbonyl (C=O) groups excluding carboxylic acids is 1. The first-order chi connectivity index (χ1) is 8.59. The second-order valence-corrected chi connectivity index (χ2v) is 8.02. The van der Waals surface area contributed by atoms with Crippen molar-refractivity contribution in [2.75, 3.05) is 11.4 Å². The lowest BCUT2D eigenvalue weighted by Gasteiger charge is -2.13. The van der Waals surface area contributed by atoms with E-state index >= 15 is 0 Å². The summed E-state index contributed by atoms with van der Waals surface area (Å²) in [6.45, 7) is 5.67. The van der Waals surface area contributed by atoms with Gasteiger partial charge in [0.25, 0.3) is 0 Å². The Balaban J connectivity index is 2.24. The van der Waals surface area contributed by atoms with Crippen LogP contribution in [0.5, 0.6) is 0 Å². The lowest BCUT2D eigenvalue weighted by molar-refractivity contribution is -0.117. The molecule has 1 amide bonds. The molecule has 0 N–H and O–H groups in total. The predicted octanol–water partition coefficient (Wildman–Crippen LogP) is 1.24. The van der Waals surface area contributed by atoms with E-state index in [2.05, 4.69) is 10.2 Å². The Morgan fingerprint density at radius 1 is 1.37 bits per heavy atom. The molecule has 0 spiro atoms. The summed E-state index contributed by atoms with van der Waals surface area (Å²) in [5.41, 5.74) is -0.204. The van der Waals surface area contributed by atoms with Crippen molar-refractivity contribution in [1.29, 1.82) is 0 Å². The number of halogens is 1. The summed E-state index contributed by atoms with van der Waals surface area (Å²) in [6.07, 6.45) is -0.344. The molecule has 1 saturated heterocycles. The molecule has 6 nitrogen and oxygen atoms in total. The Morgan fingerprint density at radius 3 is 2.42 bits per heavy atom. The number of nitrogens with zero attached hydrogens (tertiary/aromatic N) is 3. The van der Waals surface area contributed by atoms with Crippen LogP contribution in [0.2, 0.25) is 0 Å². The third kappa shape index (κ3) is 2.92. The first-order valence-electron chi connectivity index (χ1n) is 5.67. The molecule has 0 saturated carbocycles. The summed E-state index contributed by atoms with van der Waals surface area (Å²) < 4.78 is 34.6. The Bertz CT molecular complexity index is 606. The van der Waals surface area contributed by atoms with Crippen molar-refractivity contribution in [3.8, 4) is 0 Å². The van der Waals surface area contributed by atoms with Crippen LogP contribution in [-0.4, -0.2) is 36.3 Å². The van der Waals surface area contributed by atoms with Crippen LogP contribution in [-0.2, 0) is 20.4 Å². The van der Waals surface area contributed by atoms with Gasteiger partial charge in [0.15, 0.2) is 0 Å². The maximum Gasteiger partial charge on any atom is 0.307 e. The van der Waals surface area contributed by atoms with Gasteiger partial charge in [-0.15, -0.1) is 14.1 Å². The molecule has 2 rings (SSSR count). The molecule has 1 aromatic rings. The third-order valence-corrected chi connectivity index (χ3v) is 5.26. The van der Waals surface area contributed by atoms with E-state index in [4.69, 9.17) is 0 Å². The molecular weight excluding hydrogens is 293 g/mol. The quantitative estimate of drug-likeness (QED) is 0.768. The van der Waals surface area contributed by atoms with E-state index < -0.39 is 21.4 Å². The molecule has 0 bridgehead atoms. The summed E-state index contributed by atoms with van der Waals surface area (Å²) in [5, 5.41) is 7.63. The maximum atomic E-state index is 12.9. The van der Waals surface area contributed by atoms with Gasteiger partial charge in [0, 0.05) is 18.4 Å². The van der Waals surface area contributed by atoms with Gasteiger partial charge in [-0.3, -0.25) is 9.69 Å². The van der Waals surface area contributed by atoms with Crippen molar-refractivity contribution in [3.63, 3.8) is 0 Å². The fourth-order valence-electron chi connectivity index (χ4n) is 1.68. The monoisotopic (exact) mass is 307 g/mol. The second kappa shape index (κ2) is 4.48. The average molecular weight is 307 g/mol. The number of aromatic nitrogens is 2. The van der Waals surface area contributed by atoms with Gasteiger partial charge in [0.2, 0.25) is 11.0 Å². The number of hydrogen-bond donors (Lipinski definition) is 0. The first kappa shape index (κ1) is 14.3. The molecule has 1 aromatic heterocycles. The maximum absolute atomic E-state index is 12.9. The van der Waals surface area contributed by atoms with Crippen molar-refractivity contribution in [2.45, 2.75) is 37.9 Å². The lowest BCUT2D eigenvalue weighted by Crippen LogP contribution is -2.26. The van der Waals surface area contributed by atoms with Gasteiger partial charge in [-0.05, 0) is 0 Å². The number of anilines is 1. The van der Waals surface area contributed by atoms with E-state index in [-0.39, 0.29) is 18.4 Å². The highest BCUT2D eigenvalue weighted by Gasteiger charge is 2.40. The van der Waals surface area contributed by atoms with Crippen molar-refractivity contribution >= 4 is 32.6 Å². The number of hydrogen-bond acceptors (Lipinski definition) is 6. The van der Waals surface area contributed by atoms with Crippen LogP contribution in [0.4, 0.5) is 9.02 Å². The molecule has 2 heterocycles. The molecule has 0 aromatic carbocycles. The number of carbonyl (C=O) groups is 1. The molecule has 19 heavy (non-hydrogen) atoms. The van der Waals surface area contributed by atoms with Crippen LogP contribution >= 0.6 is 11.3 Å². The third-order valence-electron chi connectivity index (χ3n) is 2.77. The van der Waals surface area contributed by atoms with Gasteiger partial charge < -0.3 is 0 Å². The fraction of sp³-hybridized carbons (Fsp3) is 0.700. The molecule has 1 aliphatic rings. The molecule has 1 unspecified atom stereocenters. The highest BCUT2D eigenvalue weighted by atomic mass is 32.3. The molecule has 1 atom stereocenters. The van der Waals surface area contributed by atoms with Crippen LogP contribution in [0.3, 0.4) is 0 Å². The topological polar surface area (TPSA) is 80.2 Å². The summed E-state index contributed by atoms with van der Waals surface area (Å²) in [4.78, 5) is 12.9. The van der Waals surface area contributed by atoms with Crippen LogP contribution in [0.15, 0.2) is 0 Å². The van der Waals surface area contributed by atoms with Gasteiger partial charge in [-0.25, -0.2) is 0 Å².